The van der Waals surface area contributed by atoms with Crippen LogP contribution >= 0.6 is 0 Å². The monoisotopic (exact) mass is 493 g/mol. The number of hydrogen-bond acceptors (Lipinski definition) is 6. The lowest BCUT2D eigenvalue weighted by Crippen LogP contribution is -2.47. The maximum Gasteiger partial charge on any atom is 0.353 e. The fourth-order valence-electron chi connectivity index (χ4n) is 3.58. The lowest BCUT2D eigenvalue weighted by Gasteiger charge is -2.35. The predicted molar refractivity (Wildman–Crippen MR) is 108 cm³/mol. The highest BCUT2D eigenvalue weighted by Gasteiger charge is 2.55. The van der Waals surface area contributed by atoms with Crippen molar-refractivity contribution in [3.8, 4) is 0 Å². The molecule has 3 heterocycles. The molecule has 0 spiro atoms. The van der Waals surface area contributed by atoms with Crippen molar-refractivity contribution < 1.29 is 35.9 Å². The maximum absolute atomic E-state index is 15.0. The molecule has 182 valence electrons. The van der Waals surface area contributed by atoms with Gasteiger partial charge < -0.3 is 15.3 Å². The smallest absolute Gasteiger partial charge is 0.353 e. The highest BCUT2D eigenvalue weighted by molar-refractivity contribution is 7.92. The minimum atomic E-state index is -5.44. The average Bonchev–Trinajstić information content (AvgIpc) is 3.16. The number of nitrogens with one attached hydrogen (secondary N) is 1. The van der Waals surface area contributed by atoms with Crippen molar-refractivity contribution >= 4 is 21.6 Å². The van der Waals surface area contributed by atoms with Gasteiger partial charge >= 0.3 is 11.3 Å². The van der Waals surface area contributed by atoms with Gasteiger partial charge in [-0.1, -0.05) is 0 Å². The summed E-state index contributed by atoms with van der Waals surface area (Å²) in [5.74, 6) is -1.67. The van der Waals surface area contributed by atoms with Crippen LogP contribution in [-0.4, -0.2) is 57.6 Å². The number of amides is 2. The molecule has 3 rings (SSSR count). The highest BCUT2D eigenvalue weighted by Crippen LogP contribution is 2.42. The minimum absolute atomic E-state index is 0.162. The first-order valence-electron chi connectivity index (χ1n) is 9.98. The first-order chi connectivity index (χ1) is 15.3. The second-order valence-corrected chi connectivity index (χ2v) is 9.75. The number of likely N-dealkylation sites (tertiary alicyclic amines) is 1. The molecule has 0 unspecified atom stereocenters. The Hall–Kier alpha value is -2.74. The van der Waals surface area contributed by atoms with Crippen LogP contribution in [0, 0.1) is 5.92 Å². The second kappa shape index (κ2) is 9.25. The molecule has 0 radical (unpaired) electrons. The normalized spacial score (nSPS) is 16.8. The van der Waals surface area contributed by atoms with Gasteiger partial charge in [-0.05, 0) is 31.9 Å². The first kappa shape index (κ1) is 24.9. The summed E-state index contributed by atoms with van der Waals surface area (Å²) in [7, 11) is -4.28. The molecule has 1 atom stereocenters. The number of pyridine rings is 1. The number of carbonyl (C=O) groups is 1. The third kappa shape index (κ3) is 4.95. The number of alkyl halides is 4. The number of aliphatic hydroxyl groups is 1. The molecule has 33 heavy (non-hydrogen) atoms. The molecule has 2 aromatic heterocycles. The standard InChI is InChI=1S/C19H23F4N5O4S/c1-11(29)14-9-13(3-6-24-14)25-18(30)28-7-4-12(5-8-28)19(22,23)33(31,32)15-10-27(2)26-16(15)17(20)21/h3,6,9-12,17,29H,4-5,7-8H2,1-2H3,(H,24,25,30)/t11-/m1/s1. The lowest BCUT2D eigenvalue weighted by molar-refractivity contribution is 0.000233. The van der Waals surface area contributed by atoms with Gasteiger partial charge in [0.2, 0.25) is 9.84 Å². The molecule has 1 aliphatic heterocycles. The summed E-state index contributed by atoms with van der Waals surface area (Å²) in [6, 6.07) is 2.37. The number of aryl methyl sites for hydroxylation is 1. The molecule has 1 aliphatic rings. The number of aromatic nitrogens is 3. The van der Waals surface area contributed by atoms with Crippen LogP contribution in [0.3, 0.4) is 0 Å². The average molecular weight is 493 g/mol. The van der Waals surface area contributed by atoms with Gasteiger partial charge in [-0.15, -0.1) is 0 Å². The Bertz CT molecular complexity index is 1120. The van der Waals surface area contributed by atoms with Gasteiger partial charge in [0.25, 0.3) is 6.43 Å². The molecule has 0 aromatic carbocycles. The summed E-state index contributed by atoms with van der Waals surface area (Å²) >= 11 is 0. The number of nitrogens with zero attached hydrogens (tertiary/aromatic N) is 4. The van der Waals surface area contributed by atoms with E-state index in [0.29, 0.717) is 17.6 Å². The van der Waals surface area contributed by atoms with E-state index in [1.54, 1.807) is 0 Å². The van der Waals surface area contributed by atoms with Gasteiger partial charge in [-0.25, -0.2) is 22.0 Å². The number of carbonyl (C=O) groups excluding carboxylic acids is 1. The van der Waals surface area contributed by atoms with Crippen molar-refractivity contribution in [1.82, 2.24) is 19.7 Å². The molecule has 2 amide bonds. The topological polar surface area (TPSA) is 117 Å². The maximum atomic E-state index is 15.0. The molecular formula is C19H23F4N5O4S. The third-order valence-corrected chi connectivity index (χ3v) is 7.34. The van der Waals surface area contributed by atoms with Crippen molar-refractivity contribution in [1.29, 1.82) is 0 Å². The summed E-state index contributed by atoms with van der Waals surface area (Å²) < 4.78 is 82.2. The highest BCUT2D eigenvalue weighted by atomic mass is 32.2. The molecule has 1 fully saturated rings. The van der Waals surface area contributed by atoms with Crippen LogP contribution in [0.2, 0.25) is 0 Å². The Kier molecular flexibility index (Phi) is 6.98. The van der Waals surface area contributed by atoms with E-state index in [9.17, 15) is 27.1 Å². The minimum Gasteiger partial charge on any atom is -0.387 e. The largest absolute Gasteiger partial charge is 0.387 e. The van der Waals surface area contributed by atoms with Gasteiger partial charge in [0, 0.05) is 44.1 Å². The summed E-state index contributed by atoms with van der Waals surface area (Å²) in [5.41, 5.74) is -0.546. The Labute approximate surface area is 187 Å². The molecule has 2 N–H and O–H groups in total. The molecule has 0 saturated carbocycles. The zero-order chi connectivity index (χ0) is 24.6. The molecule has 1 saturated heterocycles. The zero-order valence-corrected chi connectivity index (χ0v) is 18.6. The molecule has 2 aromatic rings. The van der Waals surface area contributed by atoms with Gasteiger partial charge in [0.1, 0.15) is 10.6 Å². The van der Waals surface area contributed by atoms with Crippen LogP contribution < -0.4 is 5.32 Å². The Morgan fingerprint density at radius 1 is 1.30 bits per heavy atom. The first-order valence-corrected chi connectivity index (χ1v) is 11.5. The summed E-state index contributed by atoms with van der Waals surface area (Å²) in [6.45, 7) is 1.18. The SMILES string of the molecule is C[C@@H](O)c1cc(NC(=O)N2CCC(C(F)(F)S(=O)(=O)c3cn(C)nc3C(F)F)CC2)ccn1. The Morgan fingerprint density at radius 2 is 1.94 bits per heavy atom. The van der Waals surface area contributed by atoms with E-state index in [2.05, 4.69) is 15.4 Å². The number of piperidine rings is 1. The second-order valence-electron chi connectivity index (χ2n) is 7.76. The predicted octanol–water partition coefficient (Wildman–Crippen LogP) is 3.12. The molecule has 0 aliphatic carbocycles. The number of aliphatic hydroxyl groups excluding tert-OH is 1. The molecular weight excluding hydrogens is 470 g/mol. The number of halogens is 4. The van der Waals surface area contributed by atoms with Crippen molar-refractivity contribution in [3.05, 3.63) is 35.9 Å². The van der Waals surface area contributed by atoms with E-state index in [-0.39, 0.29) is 25.9 Å². The van der Waals surface area contributed by atoms with Gasteiger partial charge in [-0.2, -0.15) is 13.9 Å². The van der Waals surface area contributed by atoms with Gasteiger partial charge in [-0.3, -0.25) is 9.67 Å². The van der Waals surface area contributed by atoms with Gasteiger partial charge in [0.05, 0.1) is 11.8 Å². The Morgan fingerprint density at radius 3 is 2.52 bits per heavy atom. The fraction of sp³-hybridized carbons (Fsp3) is 0.526. The fourth-order valence-corrected chi connectivity index (χ4v) is 5.25. The van der Waals surface area contributed by atoms with Crippen LogP contribution in [0.1, 0.15) is 43.7 Å². The van der Waals surface area contributed by atoms with E-state index in [1.807, 2.05) is 0 Å². The van der Waals surface area contributed by atoms with E-state index in [0.717, 1.165) is 11.7 Å². The number of hydrogen-bond donors (Lipinski definition) is 2. The van der Waals surface area contributed by atoms with Crippen LogP contribution in [-0.2, 0) is 16.9 Å². The molecule has 0 bridgehead atoms. The van der Waals surface area contributed by atoms with Crippen LogP contribution in [0.5, 0.6) is 0 Å². The number of rotatable bonds is 6. The number of urea groups is 1. The summed E-state index contributed by atoms with van der Waals surface area (Å²) in [4.78, 5) is 16.5. The van der Waals surface area contributed by atoms with Gasteiger partial charge in [0.15, 0.2) is 0 Å². The van der Waals surface area contributed by atoms with Crippen LogP contribution in [0.25, 0.3) is 0 Å². The lowest BCUT2D eigenvalue weighted by atomic mass is 9.97. The number of anilines is 1. The van der Waals surface area contributed by atoms with Crippen LogP contribution in [0.15, 0.2) is 29.4 Å². The molecule has 14 heteroatoms. The number of sulfone groups is 1. The van der Waals surface area contributed by atoms with Crippen molar-refractivity contribution in [3.63, 3.8) is 0 Å². The van der Waals surface area contributed by atoms with E-state index >= 15 is 8.78 Å². The molecule has 9 nitrogen and oxygen atoms in total. The zero-order valence-electron chi connectivity index (χ0n) is 17.8. The van der Waals surface area contributed by atoms with Crippen molar-refractivity contribution in [2.45, 2.75) is 42.4 Å². The van der Waals surface area contributed by atoms with E-state index in [4.69, 9.17) is 0 Å². The third-order valence-electron chi connectivity index (χ3n) is 5.39. The summed E-state index contributed by atoms with van der Waals surface area (Å²) in [5, 5.41) is 11.1. The van der Waals surface area contributed by atoms with Crippen molar-refractivity contribution in [2.24, 2.45) is 13.0 Å². The van der Waals surface area contributed by atoms with E-state index in [1.165, 1.54) is 30.2 Å². The Balaban J connectivity index is 1.69. The van der Waals surface area contributed by atoms with E-state index < -0.39 is 50.2 Å². The quantitative estimate of drug-likeness (QED) is 0.598. The van der Waals surface area contributed by atoms with Crippen LogP contribution in [0.4, 0.5) is 28.0 Å². The summed E-state index contributed by atoms with van der Waals surface area (Å²) in [6.07, 6.45) is -2.85. The van der Waals surface area contributed by atoms with Crippen molar-refractivity contribution in [2.75, 3.05) is 18.4 Å².